The van der Waals surface area contributed by atoms with E-state index in [0.29, 0.717) is 29.3 Å². The molecule has 7 nitrogen and oxygen atoms in total. The molecule has 28 heavy (non-hydrogen) atoms. The zero-order valence-corrected chi connectivity index (χ0v) is 15.7. The quantitative estimate of drug-likeness (QED) is 0.368. The number of hydrogen-bond acceptors (Lipinski definition) is 6. The molecule has 150 valence electrons. The van der Waals surface area contributed by atoms with Gasteiger partial charge in [-0.05, 0) is 42.8 Å². The normalized spacial score (nSPS) is 13.2. The molecule has 0 saturated carbocycles. The number of aliphatic hydroxyl groups excluding tert-OH is 2. The van der Waals surface area contributed by atoms with Crippen LogP contribution in [0.15, 0.2) is 60.7 Å². The van der Waals surface area contributed by atoms with E-state index in [2.05, 4.69) is 5.32 Å². The van der Waals surface area contributed by atoms with E-state index in [1.165, 1.54) is 12.2 Å². The Morgan fingerprint density at radius 2 is 2.04 bits per heavy atom. The second-order valence-electron chi connectivity index (χ2n) is 5.94. The zero-order chi connectivity index (χ0) is 20.4. The minimum Gasteiger partial charge on any atom is -0.491 e. The van der Waals surface area contributed by atoms with E-state index < -0.39 is 12.2 Å². The molecule has 2 aromatic carbocycles. The van der Waals surface area contributed by atoms with Crippen molar-refractivity contribution in [2.45, 2.75) is 19.1 Å². The third kappa shape index (κ3) is 6.38. The summed E-state index contributed by atoms with van der Waals surface area (Å²) in [4.78, 5) is 12.2. The summed E-state index contributed by atoms with van der Waals surface area (Å²) in [6.07, 6.45) is 1.09. The molecule has 7 heteroatoms. The van der Waals surface area contributed by atoms with Crippen LogP contribution in [0.4, 0.5) is 11.4 Å². The average Bonchev–Trinajstić information content (AvgIpc) is 2.71. The highest BCUT2D eigenvalue weighted by atomic mass is 16.5. The number of rotatable bonds is 10. The number of amides is 1. The van der Waals surface area contributed by atoms with Gasteiger partial charge in [-0.25, -0.2) is 0 Å². The monoisotopic (exact) mass is 386 g/mol. The lowest BCUT2D eigenvalue weighted by molar-refractivity contribution is -0.112. The second-order valence-corrected chi connectivity index (χ2v) is 5.94. The van der Waals surface area contributed by atoms with Crippen molar-refractivity contribution in [2.75, 3.05) is 30.9 Å². The van der Waals surface area contributed by atoms with Crippen molar-refractivity contribution in [1.29, 1.82) is 0 Å². The Labute approximate surface area is 164 Å². The van der Waals surface area contributed by atoms with E-state index in [0.717, 1.165) is 0 Å². The molecule has 0 heterocycles. The van der Waals surface area contributed by atoms with Gasteiger partial charge in [-0.1, -0.05) is 24.3 Å². The second kappa shape index (κ2) is 11.1. The van der Waals surface area contributed by atoms with Crippen LogP contribution in [0.5, 0.6) is 5.75 Å². The van der Waals surface area contributed by atoms with Crippen LogP contribution in [-0.2, 0) is 9.53 Å². The van der Waals surface area contributed by atoms with Gasteiger partial charge in [0.1, 0.15) is 24.6 Å². The number of anilines is 2. The lowest BCUT2D eigenvalue weighted by atomic mass is 10.0. The van der Waals surface area contributed by atoms with Crippen molar-refractivity contribution in [3.05, 3.63) is 66.2 Å². The molecule has 0 aliphatic heterocycles. The summed E-state index contributed by atoms with van der Waals surface area (Å²) >= 11 is 0. The third-order valence-corrected chi connectivity index (χ3v) is 3.89. The summed E-state index contributed by atoms with van der Waals surface area (Å²) < 4.78 is 10.9. The fraction of sp³-hybridized carbons (Fsp3) is 0.286. The molecule has 0 bridgehead atoms. The third-order valence-electron chi connectivity index (χ3n) is 3.89. The molecule has 5 N–H and O–H groups in total. The van der Waals surface area contributed by atoms with Crippen molar-refractivity contribution >= 4 is 17.3 Å². The fourth-order valence-corrected chi connectivity index (χ4v) is 2.55. The standard InChI is InChI=1S/C21H26N2O5/c1-2-27-19(10-11-20(25)23-18-9-4-3-8-17(18)22)21(26)15-6-5-7-16(14-15)28-13-12-24/h3-11,14,19,21,24,26H,2,12-13,22H2,1H3,(H,23,25)/b11-10+/t19-,21-/m0/s1. The van der Waals surface area contributed by atoms with Gasteiger partial charge in [-0.3, -0.25) is 4.79 Å². The van der Waals surface area contributed by atoms with Crippen LogP contribution in [-0.4, -0.2) is 42.0 Å². The highest BCUT2D eigenvalue weighted by Crippen LogP contribution is 2.24. The molecule has 0 aromatic heterocycles. The van der Waals surface area contributed by atoms with Gasteiger partial charge < -0.3 is 30.7 Å². The number of carbonyl (C=O) groups excluding carboxylic acids is 1. The van der Waals surface area contributed by atoms with E-state index in [1.54, 1.807) is 55.5 Å². The van der Waals surface area contributed by atoms with E-state index in [4.69, 9.17) is 20.3 Å². The first-order chi connectivity index (χ1) is 13.5. The lowest BCUT2D eigenvalue weighted by Gasteiger charge is -2.21. The van der Waals surface area contributed by atoms with Crippen molar-refractivity contribution < 1.29 is 24.5 Å². The topological polar surface area (TPSA) is 114 Å². The molecule has 0 unspecified atom stereocenters. The summed E-state index contributed by atoms with van der Waals surface area (Å²) in [5.74, 6) is 0.150. The molecule has 0 aliphatic rings. The van der Waals surface area contributed by atoms with Crippen molar-refractivity contribution in [3.63, 3.8) is 0 Å². The Morgan fingerprint density at radius 1 is 1.25 bits per heavy atom. The summed E-state index contributed by atoms with van der Waals surface area (Å²) in [7, 11) is 0. The SMILES string of the molecule is CCO[C@@H](/C=C/C(=O)Nc1ccccc1N)[C@@H](O)c1cccc(OCCO)c1. The minimum absolute atomic E-state index is 0.0991. The number of benzene rings is 2. The summed E-state index contributed by atoms with van der Waals surface area (Å²) in [5.41, 5.74) is 7.37. The van der Waals surface area contributed by atoms with Crippen LogP contribution >= 0.6 is 0 Å². The molecule has 2 rings (SSSR count). The van der Waals surface area contributed by atoms with Crippen LogP contribution in [0.2, 0.25) is 0 Å². The number of hydrogen-bond donors (Lipinski definition) is 4. The van der Waals surface area contributed by atoms with Gasteiger partial charge in [-0.15, -0.1) is 0 Å². The maximum Gasteiger partial charge on any atom is 0.248 e. The van der Waals surface area contributed by atoms with Crippen molar-refractivity contribution in [3.8, 4) is 5.75 Å². The number of ether oxygens (including phenoxy) is 2. The van der Waals surface area contributed by atoms with Gasteiger partial charge >= 0.3 is 0 Å². The molecule has 2 atom stereocenters. The Balaban J connectivity index is 2.08. The predicted octanol–water partition coefficient (Wildman–Crippen LogP) is 2.27. The van der Waals surface area contributed by atoms with Gasteiger partial charge in [-0.2, -0.15) is 0 Å². The van der Waals surface area contributed by atoms with Crippen molar-refractivity contribution in [2.24, 2.45) is 0 Å². The van der Waals surface area contributed by atoms with Gasteiger partial charge in [0, 0.05) is 12.7 Å². The number of carbonyl (C=O) groups is 1. The summed E-state index contributed by atoms with van der Waals surface area (Å²) in [6.45, 7) is 2.23. The van der Waals surface area contributed by atoms with Gasteiger partial charge in [0.2, 0.25) is 5.91 Å². The molecule has 2 aromatic rings. The highest BCUT2D eigenvalue weighted by Gasteiger charge is 2.20. The van der Waals surface area contributed by atoms with Gasteiger partial charge in [0.15, 0.2) is 0 Å². The van der Waals surface area contributed by atoms with Crippen molar-refractivity contribution in [1.82, 2.24) is 0 Å². The van der Waals surface area contributed by atoms with Crippen LogP contribution in [0.1, 0.15) is 18.6 Å². The number of nitrogens with one attached hydrogen (secondary N) is 1. The number of nitrogen functional groups attached to an aromatic ring is 1. The number of para-hydroxylation sites is 2. The molecule has 0 spiro atoms. The van der Waals surface area contributed by atoms with E-state index in [-0.39, 0.29) is 19.1 Å². The van der Waals surface area contributed by atoms with Gasteiger partial charge in [0.25, 0.3) is 0 Å². The predicted molar refractivity (Wildman–Crippen MR) is 108 cm³/mol. The smallest absolute Gasteiger partial charge is 0.248 e. The highest BCUT2D eigenvalue weighted by molar-refractivity contribution is 6.01. The van der Waals surface area contributed by atoms with E-state index in [9.17, 15) is 9.90 Å². The molecule has 0 fully saturated rings. The summed E-state index contributed by atoms with van der Waals surface area (Å²) in [5, 5.41) is 22.2. The first-order valence-electron chi connectivity index (χ1n) is 9.02. The Bertz CT molecular complexity index is 794. The minimum atomic E-state index is -0.997. The Morgan fingerprint density at radius 3 is 2.75 bits per heavy atom. The first kappa shape index (κ1) is 21.4. The molecular formula is C21H26N2O5. The largest absolute Gasteiger partial charge is 0.491 e. The van der Waals surface area contributed by atoms with E-state index in [1.807, 2.05) is 0 Å². The zero-order valence-electron chi connectivity index (χ0n) is 15.7. The molecular weight excluding hydrogens is 360 g/mol. The number of aliphatic hydroxyl groups is 2. The van der Waals surface area contributed by atoms with E-state index >= 15 is 0 Å². The number of nitrogens with two attached hydrogens (primary N) is 1. The fourth-order valence-electron chi connectivity index (χ4n) is 2.55. The molecule has 0 aliphatic carbocycles. The maximum atomic E-state index is 12.2. The van der Waals surface area contributed by atoms with Crippen LogP contribution in [0.3, 0.4) is 0 Å². The Kier molecular flexibility index (Phi) is 8.48. The Hall–Kier alpha value is -2.87. The molecule has 0 saturated heterocycles. The molecule has 0 radical (unpaired) electrons. The van der Waals surface area contributed by atoms with Gasteiger partial charge in [0.05, 0.1) is 18.0 Å². The van der Waals surface area contributed by atoms with Crippen LogP contribution in [0.25, 0.3) is 0 Å². The van der Waals surface area contributed by atoms with Crippen LogP contribution < -0.4 is 15.8 Å². The first-order valence-corrected chi connectivity index (χ1v) is 9.02. The molecule has 1 amide bonds. The average molecular weight is 386 g/mol. The maximum absolute atomic E-state index is 12.2. The summed E-state index contributed by atoms with van der Waals surface area (Å²) in [6, 6.07) is 13.8. The lowest BCUT2D eigenvalue weighted by Crippen LogP contribution is -2.21. The van der Waals surface area contributed by atoms with Crippen LogP contribution in [0, 0.1) is 0 Å².